The zero-order chi connectivity index (χ0) is 21.5. The molecule has 0 aliphatic carbocycles. The third-order valence-corrected chi connectivity index (χ3v) is 5.35. The molecule has 178 valence electrons. The molecule has 0 spiro atoms. The Morgan fingerprint density at radius 1 is 1.13 bits per heavy atom. The number of nitrogens with zero attached hydrogens (tertiary/aromatic N) is 1. The molecule has 3 N–H and O–H groups in total. The average Bonchev–Trinajstić information content (AvgIpc) is 2.78. The Balaban J connectivity index is 0.00000480. The molecule has 0 amide bonds. The highest BCUT2D eigenvalue weighted by molar-refractivity contribution is 14.0. The molecule has 1 aliphatic rings. The van der Waals surface area contributed by atoms with Crippen molar-refractivity contribution in [3.63, 3.8) is 0 Å². The van der Waals surface area contributed by atoms with Gasteiger partial charge >= 0.3 is 0 Å². The fourth-order valence-corrected chi connectivity index (χ4v) is 3.59. The molecule has 2 rings (SSSR count). The lowest BCUT2D eigenvalue weighted by atomic mass is 9.88. The summed E-state index contributed by atoms with van der Waals surface area (Å²) in [5.41, 5.74) is 1.24. The lowest BCUT2D eigenvalue weighted by Gasteiger charge is -2.39. The van der Waals surface area contributed by atoms with Crippen molar-refractivity contribution in [3.8, 4) is 0 Å². The molecule has 0 aromatic heterocycles. The zero-order valence-corrected chi connectivity index (χ0v) is 21.7. The predicted molar refractivity (Wildman–Crippen MR) is 137 cm³/mol. The maximum Gasteiger partial charge on any atom is 0.191 e. The second-order valence-corrected chi connectivity index (χ2v) is 7.75. The minimum atomic E-state index is -0.0564. The summed E-state index contributed by atoms with van der Waals surface area (Å²) in [5.74, 6) is 0.856. The van der Waals surface area contributed by atoms with Crippen LogP contribution < -0.4 is 16.0 Å². The third-order valence-electron chi connectivity index (χ3n) is 5.35. The Bertz CT molecular complexity index is 598. The van der Waals surface area contributed by atoms with Gasteiger partial charge in [-0.15, -0.1) is 24.0 Å². The van der Waals surface area contributed by atoms with Crippen LogP contribution >= 0.6 is 24.0 Å². The summed E-state index contributed by atoms with van der Waals surface area (Å²) < 4.78 is 16.2. The van der Waals surface area contributed by atoms with E-state index in [2.05, 4.69) is 60.1 Å². The first-order valence-electron chi connectivity index (χ1n) is 11.2. The molecule has 1 saturated heterocycles. The normalized spacial score (nSPS) is 16.9. The average molecular weight is 549 g/mol. The molecule has 31 heavy (non-hydrogen) atoms. The summed E-state index contributed by atoms with van der Waals surface area (Å²) in [5, 5.41) is 10.6. The molecule has 1 aromatic rings. The first-order valence-corrected chi connectivity index (χ1v) is 11.2. The van der Waals surface area contributed by atoms with Crippen molar-refractivity contribution in [2.75, 3.05) is 59.8 Å². The van der Waals surface area contributed by atoms with Crippen molar-refractivity contribution < 1.29 is 14.2 Å². The van der Waals surface area contributed by atoms with Crippen LogP contribution in [0.2, 0.25) is 0 Å². The van der Waals surface area contributed by atoms with E-state index in [1.165, 1.54) is 5.56 Å². The lowest BCUT2D eigenvalue weighted by Crippen LogP contribution is -2.53. The Hall–Kier alpha value is -0.940. The molecule has 0 radical (unpaired) electrons. The zero-order valence-electron chi connectivity index (χ0n) is 19.3. The van der Waals surface area contributed by atoms with Crippen LogP contribution in [0.5, 0.6) is 0 Å². The van der Waals surface area contributed by atoms with Crippen LogP contribution in [-0.2, 0) is 14.2 Å². The van der Waals surface area contributed by atoms with Crippen LogP contribution in [-0.4, -0.2) is 71.3 Å². The molecule has 1 atom stereocenters. The summed E-state index contributed by atoms with van der Waals surface area (Å²) in [4.78, 5) is 4.92. The van der Waals surface area contributed by atoms with Crippen molar-refractivity contribution >= 4 is 29.9 Å². The standard InChI is InChI=1S/C23H40N4O3.HI/c1-4-24-22(25-13-8-14-29-18-17-28-3)26-19-23(11-15-30-16-12-23)27-20(2)21-9-6-5-7-10-21;/h5-7,9-10,20,27H,4,8,11-19H2,1-3H3,(H2,24,25,26);1H. The SMILES string of the molecule is CCNC(=NCC1(NC(C)c2ccccc2)CCOCC1)NCCCOCCOC.I. The number of nitrogens with one attached hydrogen (secondary N) is 3. The van der Waals surface area contributed by atoms with Crippen LogP contribution in [0, 0.1) is 0 Å². The maximum absolute atomic E-state index is 5.64. The number of methoxy groups -OCH3 is 1. The summed E-state index contributed by atoms with van der Waals surface area (Å²) >= 11 is 0. The minimum Gasteiger partial charge on any atom is -0.382 e. The molecule has 0 bridgehead atoms. The number of guanidine groups is 1. The summed E-state index contributed by atoms with van der Waals surface area (Å²) in [6, 6.07) is 10.9. The number of halogens is 1. The van der Waals surface area contributed by atoms with E-state index in [0.717, 1.165) is 51.5 Å². The Morgan fingerprint density at radius 3 is 2.55 bits per heavy atom. The number of benzene rings is 1. The largest absolute Gasteiger partial charge is 0.382 e. The Labute approximate surface area is 205 Å². The number of hydrogen-bond donors (Lipinski definition) is 3. The monoisotopic (exact) mass is 548 g/mol. The number of hydrogen-bond acceptors (Lipinski definition) is 5. The van der Waals surface area contributed by atoms with Gasteiger partial charge in [0.1, 0.15) is 0 Å². The smallest absolute Gasteiger partial charge is 0.191 e. The van der Waals surface area contributed by atoms with Crippen molar-refractivity contribution in [3.05, 3.63) is 35.9 Å². The Morgan fingerprint density at radius 2 is 1.87 bits per heavy atom. The summed E-state index contributed by atoms with van der Waals surface area (Å²) in [6.45, 7) is 10.2. The van der Waals surface area contributed by atoms with Gasteiger partial charge in [0.15, 0.2) is 5.96 Å². The van der Waals surface area contributed by atoms with Crippen LogP contribution in [0.25, 0.3) is 0 Å². The van der Waals surface area contributed by atoms with Crippen molar-refractivity contribution in [1.82, 2.24) is 16.0 Å². The van der Waals surface area contributed by atoms with Gasteiger partial charge in [0.25, 0.3) is 0 Å². The van der Waals surface area contributed by atoms with Gasteiger partial charge in [-0.2, -0.15) is 0 Å². The van der Waals surface area contributed by atoms with Crippen molar-refractivity contribution in [1.29, 1.82) is 0 Å². The third kappa shape index (κ3) is 11.0. The summed E-state index contributed by atoms with van der Waals surface area (Å²) in [6.07, 6.45) is 2.84. The van der Waals surface area contributed by atoms with E-state index in [1.54, 1.807) is 7.11 Å². The van der Waals surface area contributed by atoms with E-state index >= 15 is 0 Å². The number of aliphatic imine (C=N–C) groups is 1. The second-order valence-electron chi connectivity index (χ2n) is 7.75. The predicted octanol–water partition coefficient (Wildman–Crippen LogP) is 3.11. The highest BCUT2D eigenvalue weighted by Crippen LogP contribution is 2.26. The molecule has 7 nitrogen and oxygen atoms in total. The molecular weight excluding hydrogens is 507 g/mol. The molecule has 1 aliphatic heterocycles. The van der Waals surface area contributed by atoms with Gasteiger partial charge < -0.3 is 30.2 Å². The molecular formula is C23H41IN4O3. The van der Waals surface area contributed by atoms with Crippen molar-refractivity contribution in [2.24, 2.45) is 4.99 Å². The van der Waals surface area contributed by atoms with Crippen LogP contribution in [0.3, 0.4) is 0 Å². The topological polar surface area (TPSA) is 76.1 Å². The first-order chi connectivity index (χ1) is 14.7. The van der Waals surface area contributed by atoms with Crippen LogP contribution in [0.4, 0.5) is 0 Å². The Kier molecular flexibility index (Phi) is 15.1. The van der Waals surface area contributed by atoms with Gasteiger partial charge in [0.2, 0.25) is 0 Å². The van der Waals surface area contributed by atoms with Gasteiger partial charge in [-0.1, -0.05) is 30.3 Å². The maximum atomic E-state index is 5.64. The molecule has 8 heteroatoms. The first kappa shape index (κ1) is 28.1. The van der Waals surface area contributed by atoms with E-state index < -0.39 is 0 Å². The van der Waals surface area contributed by atoms with Gasteiger partial charge in [-0.25, -0.2) is 0 Å². The fraction of sp³-hybridized carbons (Fsp3) is 0.696. The summed E-state index contributed by atoms with van der Waals surface area (Å²) in [7, 11) is 1.69. The van der Waals surface area contributed by atoms with Gasteiger partial charge in [0.05, 0.1) is 19.8 Å². The van der Waals surface area contributed by atoms with E-state index in [0.29, 0.717) is 26.4 Å². The minimum absolute atomic E-state index is 0. The molecule has 1 fully saturated rings. The van der Waals surface area contributed by atoms with Gasteiger partial charge in [-0.3, -0.25) is 4.99 Å². The van der Waals surface area contributed by atoms with Gasteiger partial charge in [-0.05, 0) is 38.7 Å². The molecule has 1 unspecified atom stereocenters. The highest BCUT2D eigenvalue weighted by Gasteiger charge is 2.34. The van der Waals surface area contributed by atoms with Gasteiger partial charge in [0, 0.05) is 51.6 Å². The van der Waals surface area contributed by atoms with Crippen LogP contribution in [0.15, 0.2) is 35.3 Å². The van der Waals surface area contributed by atoms with Crippen molar-refractivity contribution in [2.45, 2.75) is 44.7 Å². The molecule has 1 heterocycles. The van der Waals surface area contributed by atoms with E-state index in [9.17, 15) is 0 Å². The van der Waals surface area contributed by atoms with E-state index in [1.807, 2.05) is 0 Å². The number of rotatable bonds is 13. The number of ether oxygens (including phenoxy) is 3. The van der Waals surface area contributed by atoms with Crippen LogP contribution in [0.1, 0.15) is 44.7 Å². The van der Waals surface area contributed by atoms with E-state index in [-0.39, 0.29) is 35.6 Å². The molecule has 1 aromatic carbocycles. The highest BCUT2D eigenvalue weighted by atomic mass is 127. The molecule has 0 saturated carbocycles. The second kappa shape index (κ2) is 16.7. The van der Waals surface area contributed by atoms with E-state index in [4.69, 9.17) is 19.2 Å². The lowest BCUT2D eigenvalue weighted by molar-refractivity contribution is 0.0374. The fourth-order valence-electron chi connectivity index (χ4n) is 3.59. The quantitative estimate of drug-likeness (QED) is 0.152.